The Morgan fingerprint density at radius 1 is 1.60 bits per heavy atom. The average Bonchev–Trinajstić information content (AvgIpc) is 2.36. The maximum absolute atomic E-state index is 9.42. The topological polar surface area (TPSA) is 23.5 Å². The van der Waals surface area contributed by atoms with Gasteiger partial charge in [-0.3, -0.25) is 4.90 Å². The van der Waals surface area contributed by atoms with Gasteiger partial charge in [-0.25, -0.2) is 0 Å². The zero-order chi connectivity index (χ0) is 7.56. The van der Waals surface area contributed by atoms with E-state index in [1.165, 1.54) is 0 Å². The van der Waals surface area contributed by atoms with Gasteiger partial charge in [-0.1, -0.05) is 6.07 Å². The minimum Gasteiger partial charge on any atom is -0.373 e. The van der Waals surface area contributed by atoms with Gasteiger partial charge in [0.25, 0.3) is 0 Å². The van der Waals surface area contributed by atoms with Crippen molar-refractivity contribution < 1.29 is 5.11 Å². The number of hydrogen-bond donors (Lipinski definition) is 1. The van der Waals surface area contributed by atoms with Gasteiger partial charge in [0.2, 0.25) is 0 Å². The summed E-state index contributed by atoms with van der Waals surface area (Å²) in [7, 11) is 3.70. The molecule has 1 heterocycles. The molecule has 0 aliphatic heterocycles. The lowest BCUT2D eigenvalue weighted by Crippen LogP contribution is -2.17. The molecule has 0 bridgehead atoms. The highest BCUT2D eigenvalue weighted by Crippen LogP contribution is 2.19. The molecule has 56 valence electrons. The smallest absolute Gasteiger partial charge is 0.142 e. The van der Waals surface area contributed by atoms with E-state index in [2.05, 4.69) is 0 Å². The Labute approximate surface area is 64.7 Å². The van der Waals surface area contributed by atoms with Crippen LogP contribution in [0.5, 0.6) is 0 Å². The van der Waals surface area contributed by atoms with E-state index < -0.39 is 6.23 Å². The number of hydrogen-bond acceptors (Lipinski definition) is 3. The highest BCUT2D eigenvalue weighted by molar-refractivity contribution is 7.10. The number of rotatable bonds is 2. The standard InChI is InChI=1S/C7H11NOS/c1-8(2)7(9)6-4-3-5-10-6/h3-5,7,9H,1-2H3. The van der Waals surface area contributed by atoms with Crippen molar-refractivity contribution in [3.8, 4) is 0 Å². The summed E-state index contributed by atoms with van der Waals surface area (Å²) in [4.78, 5) is 2.76. The zero-order valence-electron chi connectivity index (χ0n) is 6.11. The maximum Gasteiger partial charge on any atom is 0.142 e. The normalized spacial score (nSPS) is 14.0. The van der Waals surface area contributed by atoms with Crippen molar-refractivity contribution >= 4 is 11.3 Å². The van der Waals surface area contributed by atoms with Crippen LogP contribution in [-0.4, -0.2) is 24.1 Å². The Hall–Kier alpha value is -0.380. The third-order valence-corrected chi connectivity index (χ3v) is 2.20. The summed E-state index contributed by atoms with van der Waals surface area (Å²) in [6.07, 6.45) is -0.444. The molecule has 0 saturated heterocycles. The van der Waals surface area contributed by atoms with Crippen molar-refractivity contribution in [1.82, 2.24) is 4.90 Å². The summed E-state index contributed by atoms with van der Waals surface area (Å²) in [6, 6.07) is 3.86. The molecule has 0 spiro atoms. The first-order valence-corrected chi connectivity index (χ1v) is 3.97. The lowest BCUT2D eigenvalue weighted by atomic mass is 10.4. The summed E-state index contributed by atoms with van der Waals surface area (Å²) in [5.74, 6) is 0. The fraction of sp³-hybridized carbons (Fsp3) is 0.429. The Balaban J connectivity index is 2.68. The van der Waals surface area contributed by atoms with Gasteiger partial charge in [0.15, 0.2) is 0 Å². The van der Waals surface area contributed by atoms with Crippen LogP contribution >= 0.6 is 11.3 Å². The SMILES string of the molecule is CN(C)C(O)c1cccs1. The molecule has 0 fully saturated rings. The first kappa shape index (κ1) is 7.72. The molecule has 0 aromatic carbocycles. The third-order valence-electron chi connectivity index (χ3n) is 1.29. The number of aliphatic hydroxyl groups is 1. The predicted molar refractivity (Wildman–Crippen MR) is 43.0 cm³/mol. The van der Waals surface area contributed by atoms with Crippen LogP contribution in [0.2, 0.25) is 0 Å². The third kappa shape index (κ3) is 1.56. The molecule has 1 atom stereocenters. The van der Waals surface area contributed by atoms with Crippen LogP contribution in [0.15, 0.2) is 17.5 Å². The van der Waals surface area contributed by atoms with Crippen molar-refractivity contribution in [1.29, 1.82) is 0 Å². The van der Waals surface area contributed by atoms with Gasteiger partial charge in [-0.2, -0.15) is 0 Å². The molecular formula is C7H11NOS. The van der Waals surface area contributed by atoms with E-state index in [0.29, 0.717) is 0 Å². The molecule has 0 aliphatic carbocycles. The highest BCUT2D eigenvalue weighted by atomic mass is 32.1. The molecule has 1 rings (SSSR count). The van der Waals surface area contributed by atoms with Crippen molar-refractivity contribution in [2.24, 2.45) is 0 Å². The van der Waals surface area contributed by atoms with E-state index in [1.807, 2.05) is 31.6 Å². The van der Waals surface area contributed by atoms with Crippen molar-refractivity contribution in [3.05, 3.63) is 22.4 Å². The van der Waals surface area contributed by atoms with E-state index in [4.69, 9.17) is 0 Å². The molecule has 0 radical (unpaired) electrons. The quantitative estimate of drug-likeness (QED) is 0.654. The Bertz CT molecular complexity index is 183. The molecule has 1 aromatic rings. The molecule has 10 heavy (non-hydrogen) atoms. The predicted octanol–water partition coefficient (Wildman–Crippen LogP) is 1.30. The molecule has 1 unspecified atom stereocenters. The van der Waals surface area contributed by atoms with Crippen LogP contribution in [0.1, 0.15) is 11.1 Å². The van der Waals surface area contributed by atoms with Gasteiger partial charge < -0.3 is 5.11 Å². The number of thiophene rings is 1. The monoisotopic (exact) mass is 157 g/mol. The summed E-state index contributed by atoms with van der Waals surface area (Å²) in [6.45, 7) is 0. The fourth-order valence-electron chi connectivity index (χ4n) is 0.693. The summed E-state index contributed by atoms with van der Waals surface area (Å²) in [5, 5.41) is 11.4. The number of nitrogens with zero attached hydrogens (tertiary/aromatic N) is 1. The first-order valence-electron chi connectivity index (χ1n) is 3.09. The molecule has 1 aromatic heterocycles. The van der Waals surface area contributed by atoms with Gasteiger partial charge in [0.05, 0.1) is 0 Å². The van der Waals surface area contributed by atoms with Gasteiger partial charge in [0.1, 0.15) is 6.23 Å². The van der Waals surface area contributed by atoms with Crippen molar-refractivity contribution in [3.63, 3.8) is 0 Å². The fourth-order valence-corrected chi connectivity index (χ4v) is 1.50. The van der Waals surface area contributed by atoms with Gasteiger partial charge in [-0.05, 0) is 25.5 Å². The molecule has 0 amide bonds. The van der Waals surface area contributed by atoms with E-state index in [0.717, 1.165) is 4.88 Å². The van der Waals surface area contributed by atoms with Gasteiger partial charge in [0, 0.05) is 4.88 Å². The summed E-state index contributed by atoms with van der Waals surface area (Å²) >= 11 is 1.57. The Morgan fingerprint density at radius 3 is 2.70 bits per heavy atom. The molecular weight excluding hydrogens is 146 g/mol. The molecule has 0 aliphatic rings. The molecule has 0 saturated carbocycles. The van der Waals surface area contributed by atoms with Crippen LogP contribution in [0, 0.1) is 0 Å². The van der Waals surface area contributed by atoms with Crippen LogP contribution in [0.4, 0.5) is 0 Å². The second-order valence-electron chi connectivity index (χ2n) is 2.35. The van der Waals surface area contributed by atoms with Gasteiger partial charge in [-0.15, -0.1) is 11.3 Å². The minimum absolute atomic E-state index is 0.444. The first-order chi connectivity index (χ1) is 4.72. The van der Waals surface area contributed by atoms with Crippen LogP contribution < -0.4 is 0 Å². The lowest BCUT2D eigenvalue weighted by molar-refractivity contribution is 0.0427. The minimum atomic E-state index is -0.444. The Morgan fingerprint density at radius 2 is 2.30 bits per heavy atom. The molecule has 3 heteroatoms. The van der Waals surface area contributed by atoms with E-state index in [1.54, 1.807) is 16.2 Å². The maximum atomic E-state index is 9.42. The van der Waals surface area contributed by atoms with Crippen LogP contribution in [0.3, 0.4) is 0 Å². The highest BCUT2D eigenvalue weighted by Gasteiger charge is 2.08. The average molecular weight is 157 g/mol. The van der Waals surface area contributed by atoms with Crippen molar-refractivity contribution in [2.45, 2.75) is 6.23 Å². The van der Waals surface area contributed by atoms with Crippen LogP contribution in [-0.2, 0) is 0 Å². The zero-order valence-corrected chi connectivity index (χ0v) is 6.93. The van der Waals surface area contributed by atoms with E-state index in [-0.39, 0.29) is 0 Å². The molecule has 2 nitrogen and oxygen atoms in total. The lowest BCUT2D eigenvalue weighted by Gasteiger charge is -2.15. The molecule has 1 N–H and O–H groups in total. The second kappa shape index (κ2) is 3.14. The summed E-state index contributed by atoms with van der Waals surface area (Å²) in [5.41, 5.74) is 0. The van der Waals surface area contributed by atoms with E-state index >= 15 is 0 Å². The summed E-state index contributed by atoms with van der Waals surface area (Å²) < 4.78 is 0. The second-order valence-corrected chi connectivity index (χ2v) is 3.33. The van der Waals surface area contributed by atoms with Crippen molar-refractivity contribution in [2.75, 3.05) is 14.1 Å². The number of aliphatic hydroxyl groups excluding tert-OH is 1. The Kier molecular flexibility index (Phi) is 2.43. The van der Waals surface area contributed by atoms with Crippen LogP contribution in [0.25, 0.3) is 0 Å². The largest absolute Gasteiger partial charge is 0.373 e. The van der Waals surface area contributed by atoms with E-state index in [9.17, 15) is 5.11 Å². The van der Waals surface area contributed by atoms with Gasteiger partial charge >= 0.3 is 0 Å².